The lowest BCUT2D eigenvalue weighted by Crippen LogP contribution is -2.05. The number of rotatable bonds is 4. The molecule has 3 aromatic rings. The molecule has 0 bridgehead atoms. The summed E-state index contributed by atoms with van der Waals surface area (Å²) in [5, 5.41) is 0. The van der Waals surface area contributed by atoms with E-state index in [2.05, 4.69) is 19.3 Å². The molecule has 1 fully saturated rings. The minimum absolute atomic E-state index is 0.152. The number of halogens is 3. The molecule has 11 heteroatoms. The fourth-order valence-corrected chi connectivity index (χ4v) is 6.38. The Morgan fingerprint density at radius 2 is 1.93 bits per heavy atom. The Bertz CT molecular complexity index is 1220. The van der Waals surface area contributed by atoms with Gasteiger partial charge in [-0.15, -0.1) is 11.8 Å². The van der Waals surface area contributed by atoms with Crippen LogP contribution < -0.4 is 0 Å². The zero-order chi connectivity index (χ0) is 21.5. The van der Waals surface area contributed by atoms with Crippen LogP contribution in [0.5, 0.6) is 0 Å². The van der Waals surface area contributed by atoms with Gasteiger partial charge in [-0.05, 0) is 30.7 Å². The Balaban J connectivity index is 1.82. The smallest absolute Gasteiger partial charge is 0.310 e. The van der Waals surface area contributed by atoms with Crippen molar-refractivity contribution >= 4 is 38.3 Å². The SMILES string of the molecule is CCSc1cc(N=S2(=O)CCCC2)cnc1-c1nc2cc(C(F)(F)F)cnc2n1C. The number of hydrogen-bond donors (Lipinski definition) is 0. The number of nitrogens with zero attached hydrogens (tertiary/aromatic N) is 5. The monoisotopic (exact) mass is 455 g/mol. The van der Waals surface area contributed by atoms with E-state index in [4.69, 9.17) is 0 Å². The summed E-state index contributed by atoms with van der Waals surface area (Å²) in [6.45, 7) is 1.99. The van der Waals surface area contributed by atoms with E-state index in [9.17, 15) is 17.4 Å². The third kappa shape index (κ3) is 4.04. The molecule has 4 rings (SSSR count). The molecule has 1 aliphatic heterocycles. The number of imidazole rings is 1. The first-order valence-corrected chi connectivity index (χ1v) is 12.3. The summed E-state index contributed by atoms with van der Waals surface area (Å²) in [5.41, 5.74) is 0.744. The van der Waals surface area contributed by atoms with E-state index in [0.29, 0.717) is 34.4 Å². The lowest BCUT2D eigenvalue weighted by atomic mass is 10.2. The number of aromatic nitrogens is 4. The fourth-order valence-electron chi connectivity index (χ4n) is 3.40. The molecule has 6 nitrogen and oxygen atoms in total. The molecule has 160 valence electrons. The second kappa shape index (κ2) is 7.84. The normalized spacial score (nSPS) is 16.3. The molecule has 0 amide bonds. The molecule has 1 aliphatic rings. The van der Waals surface area contributed by atoms with E-state index in [1.807, 2.05) is 13.0 Å². The number of hydrogen-bond acceptors (Lipinski definition) is 6. The van der Waals surface area contributed by atoms with Crippen LogP contribution in [0.1, 0.15) is 25.3 Å². The first-order chi connectivity index (χ1) is 14.2. The van der Waals surface area contributed by atoms with Crippen molar-refractivity contribution in [1.29, 1.82) is 0 Å². The highest BCUT2D eigenvalue weighted by atomic mass is 32.2. The van der Waals surface area contributed by atoms with Crippen molar-refractivity contribution in [2.75, 3.05) is 17.3 Å². The maximum atomic E-state index is 13.0. The predicted octanol–water partition coefficient (Wildman–Crippen LogP) is 5.05. The number of alkyl halides is 3. The molecule has 4 heterocycles. The average Bonchev–Trinajstić information content (AvgIpc) is 3.25. The summed E-state index contributed by atoms with van der Waals surface area (Å²) >= 11 is 1.52. The van der Waals surface area contributed by atoms with Crippen LogP contribution in [0.15, 0.2) is 33.8 Å². The van der Waals surface area contributed by atoms with Gasteiger partial charge in [-0.3, -0.25) is 0 Å². The Morgan fingerprint density at radius 3 is 2.60 bits per heavy atom. The van der Waals surface area contributed by atoms with Crippen LogP contribution in [-0.2, 0) is 23.0 Å². The van der Waals surface area contributed by atoms with Crippen molar-refractivity contribution in [3.8, 4) is 11.5 Å². The first-order valence-electron chi connectivity index (χ1n) is 9.45. The number of aryl methyl sites for hydroxylation is 1. The topological polar surface area (TPSA) is 73.0 Å². The van der Waals surface area contributed by atoms with Crippen LogP contribution in [0, 0.1) is 0 Å². The van der Waals surface area contributed by atoms with E-state index >= 15 is 0 Å². The third-order valence-electron chi connectivity index (χ3n) is 4.83. The van der Waals surface area contributed by atoms with Crippen molar-refractivity contribution in [3.63, 3.8) is 0 Å². The summed E-state index contributed by atoms with van der Waals surface area (Å²) in [4.78, 5) is 13.6. The van der Waals surface area contributed by atoms with Gasteiger partial charge in [0.2, 0.25) is 0 Å². The maximum absolute atomic E-state index is 13.0. The van der Waals surface area contributed by atoms with Gasteiger partial charge < -0.3 is 4.57 Å². The van der Waals surface area contributed by atoms with Gasteiger partial charge in [-0.1, -0.05) is 6.92 Å². The molecular weight excluding hydrogens is 435 g/mol. The minimum Gasteiger partial charge on any atom is -0.310 e. The Labute approximate surface area is 176 Å². The van der Waals surface area contributed by atoms with Crippen molar-refractivity contribution in [2.45, 2.75) is 30.8 Å². The predicted molar refractivity (Wildman–Crippen MR) is 112 cm³/mol. The standard InChI is InChI=1S/C19H20F3N5OS2/c1-3-29-15-9-13(26-30(28)6-4-5-7-30)11-23-16(15)18-25-14-8-12(19(20,21)22)10-24-17(14)27(18)2/h8-11H,3-7H2,1-2H3. The lowest BCUT2D eigenvalue weighted by molar-refractivity contribution is -0.137. The zero-order valence-electron chi connectivity index (χ0n) is 16.4. The van der Waals surface area contributed by atoms with Gasteiger partial charge in [0, 0.05) is 29.6 Å². The Hall–Kier alpha value is -2.14. The van der Waals surface area contributed by atoms with Gasteiger partial charge >= 0.3 is 6.18 Å². The van der Waals surface area contributed by atoms with E-state index in [1.54, 1.807) is 17.8 Å². The molecule has 0 unspecified atom stereocenters. The van der Waals surface area contributed by atoms with E-state index in [0.717, 1.165) is 35.8 Å². The molecular formula is C19H20F3N5OS2. The van der Waals surface area contributed by atoms with Gasteiger partial charge in [0.05, 0.1) is 27.2 Å². The summed E-state index contributed by atoms with van der Waals surface area (Å²) in [6, 6.07) is 2.82. The summed E-state index contributed by atoms with van der Waals surface area (Å²) in [7, 11) is -0.530. The van der Waals surface area contributed by atoms with Gasteiger partial charge in [-0.25, -0.2) is 19.2 Å². The first kappa shape index (κ1) is 21.1. The van der Waals surface area contributed by atoms with Gasteiger partial charge in [0.1, 0.15) is 11.2 Å². The molecule has 0 radical (unpaired) electrons. The highest BCUT2D eigenvalue weighted by Crippen LogP contribution is 2.35. The molecule has 0 aliphatic carbocycles. The quantitative estimate of drug-likeness (QED) is 0.515. The lowest BCUT2D eigenvalue weighted by Gasteiger charge is -2.09. The molecule has 0 spiro atoms. The zero-order valence-corrected chi connectivity index (χ0v) is 18.1. The Kier molecular flexibility index (Phi) is 5.52. The molecule has 3 aromatic heterocycles. The molecule has 0 atom stereocenters. The highest BCUT2D eigenvalue weighted by Gasteiger charge is 2.32. The summed E-state index contributed by atoms with van der Waals surface area (Å²) in [5.74, 6) is 2.38. The largest absolute Gasteiger partial charge is 0.417 e. The molecule has 1 saturated heterocycles. The van der Waals surface area contributed by atoms with Crippen LogP contribution in [0.2, 0.25) is 0 Å². The van der Waals surface area contributed by atoms with Gasteiger partial charge in [0.25, 0.3) is 0 Å². The van der Waals surface area contributed by atoms with Crippen LogP contribution in [0.25, 0.3) is 22.7 Å². The summed E-state index contributed by atoms with van der Waals surface area (Å²) in [6.07, 6.45) is -0.300. The van der Waals surface area contributed by atoms with Crippen LogP contribution in [-0.4, -0.2) is 41.0 Å². The minimum atomic E-state index is -4.49. The van der Waals surface area contributed by atoms with Crippen LogP contribution in [0.4, 0.5) is 18.9 Å². The molecule has 30 heavy (non-hydrogen) atoms. The number of thioether (sulfide) groups is 1. The number of pyridine rings is 2. The molecule has 0 aromatic carbocycles. The van der Waals surface area contributed by atoms with Crippen LogP contribution >= 0.6 is 11.8 Å². The van der Waals surface area contributed by atoms with E-state index in [1.165, 1.54) is 11.8 Å². The second-order valence-corrected chi connectivity index (χ2v) is 10.9. The van der Waals surface area contributed by atoms with E-state index in [-0.39, 0.29) is 5.52 Å². The molecule has 0 N–H and O–H groups in total. The third-order valence-corrected chi connectivity index (χ3v) is 8.14. The summed E-state index contributed by atoms with van der Waals surface area (Å²) < 4.78 is 57.9. The molecule has 0 saturated carbocycles. The van der Waals surface area contributed by atoms with E-state index < -0.39 is 21.5 Å². The Morgan fingerprint density at radius 1 is 1.20 bits per heavy atom. The maximum Gasteiger partial charge on any atom is 0.417 e. The van der Waals surface area contributed by atoms with Crippen molar-refractivity contribution < 1.29 is 17.4 Å². The number of fused-ring (bicyclic) bond motifs is 1. The van der Waals surface area contributed by atoms with Crippen molar-refractivity contribution in [1.82, 2.24) is 19.5 Å². The second-order valence-electron chi connectivity index (χ2n) is 7.01. The van der Waals surface area contributed by atoms with Crippen molar-refractivity contribution in [2.24, 2.45) is 11.4 Å². The van der Waals surface area contributed by atoms with Crippen LogP contribution in [0.3, 0.4) is 0 Å². The highest BCUT2D eigenvalue weighted by molar-refractivity contribution is 7.99. The van der Waals surface area contributed by atoms with Gasteiger partial charge in [-0.2, -0.15) is 17.5 Å². The van der Waals surface area contributed by atoms with Gasteiger partial charge in [0.15, 0.2) is 11.5 Å². The fraction of sp³-hybridized carbons (Fsp3) is 0.421. The average molecular weight is 456 g/mol. The van der Waals surface area contributed by atoms with Crippen molar-refractivity contribution in [3.05, 3.63) is 30.1 Å².